The maximum atomic E-state index is 11.6. The fourth-order valence-electron chi connectivity index (χ4n) is 1.90. The lowest BCUT2D eigenvalue weighted by atomic mass is 9.92. The van der Waals surface area contributed by atoms with Crippen molar-refractivity contribution < 1.29 is 19.5 Å². The highest BCUT2D eigenvalue weighted by Crippen LogP contribution is 2.22. The van der Waals surface area contributed by atoms with Gasteiger partial charge >= 0.3 is 5.97 Å². The van der Waals surface area contributed by atoms with Crippen LogP contribution in [0.15, 0.2) is 17.1 Å². The summed E-state index contributed by atoms with van der Waals surface area (Å²) in [5, 5.41) is 14.5. The molecule has 100 valence electrons. The molecule has 2 N–H and O–H groups in total. The summed E-state index contributed by atoms with van der Waals surface area (Å²) < 4.78 is 0.789. The van der Waals surface area contributed by atoms with Gasteiger partial charge in [-0.2, -0.15) is 5.10 Å². The second kappa shape index (κ2) is 5.01. The van der Waals surface area contributed by atoms with Crippen molar-refractivity contribution in [2.24, 2.45) is 0 Å². The highest BCUT2D eigenvalue weighted by Gasteiger charge is 2.28. The summed E-state index contributed by atoms with van der Waals surface area (Å²) in [5.41, 5.74) is -0.207. The van der Waals surface area contributed by atoms with Crippen molar-refractivity contribution in [1.82, 2.24) is 15.1 Å². The standard InChI is InChI=1S/C11H11N3O5/c15-8-2-1-7(11(19)13-8)6-3-9(16)14(12-4-6)5-10(17)18/h3-4,7H,1-2,5H2,(H,17,18)(H,13,15,19). The molecule has 1 unspecified atom stereocenters. The van der Waals surface area contributed by atoms with Gasteiger partial charge in [0.2, 0.25) is 11.8 Å². The van der Waals surface area contributed by atoms with Crippen LogP contribution in [0.4, 0.5) is 0 Å². The molecule has 2 amide bonds. The first kappa shape index (κ1) is 12.9. The van der Waals surface area contributed by atoms with E-state index in [-0.39, 0.29) is 12.3 Å². The molecule has 1 aromatic rings. The molecule has 2 heterocycles. The number of rotatable bonds is 3. The van der Waals surface area contributed by atoms with Crippen LogP contribution in [0.3, 0.4) is 0 Å². The number of aliphatic carboxylic acids is 1. The summed E-state index contributed by atoms with van der Waals surface area (Å²) in [6.45, 7) is -0.533. The lowest BCUT2D eigenvalue weighted by Gasteiger charge is -2.20. The average molecular weight is 265 g/mol. The van der Waals surface area contributed by atoms with Crippen LogP contribution in [0.25, 0.3) is 0 Å². The Morgan fingerprint density at radius 1 is 1.47 bits per heavy atom. The molecule has 8 heteroatoms. The third kappa shape index (κ3) is 2.84. The molecule has 2 rings (SSSR count). The van der Waals surface area contributed by atoms with Crippen molar-refractivity contribution >= 4 is 17.8 Å². The van der Waals surface area contributed by atoms with Crippen molar-refractivity contribution in [1.29, 1.82) is 0 Å². The summed E-state index contributed by atoms with van der Waals surface area (Å²) in [6.07, 6.45) is 1.80. The molecule has 1 fully saturated rings. The third-order valence-corrected chi connectivity index (χ3v) is 2.82. The van der Waals surface area contributed by atoms with Gasteiger partial charge in [-0.15, -0.1) is 0 Å². The fraction of sp³-hybridized carbons (Fsp3) is 0.364. The maximum Gasteiger partial charge on any atom is 0.325 e. The van der Waals surface area contributed by atoms with E-state index < -0.39 is 29.9 Å². The molecule has 1 saturated heterocycles. The van der Waals surface area contributed by atoms with Crippen LogP contribution >= 0.6 is 0 Å². The van der Waals surface area contributed by atoms with E-state index in [9.17, 15) is 19.2 Å². The molecule has 0 bridgehead atoms. The SMILES string of the molecule is O=C(O)Cn1ncc(C2CCC(=O)NC2=O)cc1=O. The molecule has 1 atom stereocenters. The molecular formula is C11H11N3O5. The number of carbonyl (C=O) groups is 3. The van der Waals surface area contributed by atoms with Crippen molar-refractivity contribution in [3.05, 3.63) is 28.2 Å². The van der Waals surface area contributed by atoms with Crippen LogP contribution in [0.1, 0.15) is 24.3 Å². The second-order valence-corrected chi connectivity index (χ2v) is 4.18. The van der Waals surface area contributed by atoms with Gasteiger partial charge in [-0.05, 0) is 12.0 Å². The molecular weight excluding hydrogens is 254 g/mol. The van der Waals surface area contributed by atoms with Gasteiger partial charge < -0.3 is 5.11 Å². The highest BCUT2D eigenvalue weighted by atomic mass is 16.4. The Labute approximate surface area is 107 Å². The van der Waals surface area contributed by atoms with E-state index >= 15 is 0 Å². The molecule has 0 aliphatic carbocycles. The minimum atomic E-state index is -1.18. The molecule has 1 aromatic heterocycles. The predicted octanol–water partition coefficient (Wildman–Crippen LogP) is -1.15. The van der Waals surface area contributed by atoms with Crippen LogP contribution in [0.5, 0.6) is 0 Å². The van der Waals surface area contributed by atoms with Crippen molar-refractivity contribution in [2.45, 2.75) is 25.3 Å². The van der Waals surface area contributed by atoms with Gasteiger partial charge in [-0.25, -0.2) is 4.68 Å². The van der Waals surface area contributed by atoms with Crippen LogP contribution in [0, 0.1) is 0 Å². The normalized spacial score (nSPS) is 19.1. The molecule has 1 aliphatic heterocycles. The first-order valence-electron chi connectivity index (χ1n) is 5.60. The summed E-state index contributed by atoms with van der Waals surface area (Å²) in [5.74, 6) is -2.58. The van der Waals surface area contributed by atoms with Gasteiger partial charge in [0.05, 0.1) is 12.1 Å². The Hall–Kier alpha value is -2.51. The van der Waals surface area contributed by atoms with Gasteiger partial charge in [0, 0.05) is 12.5 Å². The third-order valence-electron chi connectivity index (χ3n) is 2.82. The number of nitrogens with zero attached hydrogens (tertiary/aromatic N) is 2. The zero-order valence-electron chi connectivity index (χ0n) is 9.83. The molecule has 0 radical (unpaired) electrons. The molecule has 19 heavy (non-hydrogen) atoms. The van der Waals surface area contributed by atoms with Crippen LogP contribution in [-0.2, 0) is 20.9 Å². The van der Waals surface area contributed by atoms with E-state index in [4.69, 9.17) is 5.11 Å². The topological polar surface area (TPSA) is 118 Å². The number of piperidine rings is 1. The van der Waals surface area contributed by atoms with Crippen LogP contribution < -0.4 is 10.9 Å². The van der Waals surface area contributed by atoms with Crippen molar-refractivity contribution in [3.63, 3.8) is 0 Å². The number of carboxylic acid groups (broad SMARTS) is 1. The van der Waals surface area contributed by atoms with Gasteiger partial charge in [0.25, 0.3) is 5.56 Å². The van der Waals surface area contributed by atoms with E-state index in [2.05, 4.69) is 10.4 Å². The number of hydrogen-bond donors (Lipinski definition) is 2. The summed E-state index contributed by atoms with van der Waals surface area (Å²) in [4.78, 5) is 44.8. The lowest BCUT2D eigenvalue weighted by Crippen LogP contribution is -2.40. The van der Waals surface area contributed by atoms with E-state index in [1.165, 1.54) is 12.3 Å². The molecule has 0 saturated carbocycles. The van der Waals surface area contributed by atoms with Gasteiger partial charge in [-0.3, -0.25) is 24.5 Å². The molecule has 1 aliphatic rings. The number of amides is 2. The van der Waals surface area contributed by atoms with Gasteiger partial charge in [0.1, 0.15) is 6.54 Å². The van der Waals surface area contributed by atoms with E-state index in [1.807, 2.05) is 0 Å². The number of aromatic nitrogens is 2. The highest BCUT2D eigenvalue weighted by molar-refractivity contribution is 6.00. The zero-order valence-corrected chi connectivity index (χ0v) is 9.83. The Balaban J connectivity index is 2.25. The monoisotopic (exact) mass is 265 g/mol. The number of carboxylic acids is 1. The fourth-order valence-corrected chi connectivity index (χ4v) is 1.90. The number of hydrogen-bond acceptors (Lipinski definition) is 5. The van der Waals surface area contributed by atoms with Crippen LogP contribution in [0.2, 0.25) is 0 Å². The minimum Gasteiger partial charge on any atom is -0.480 e. The Morgan fingerprint density at radius 3 is 2.79 bits per heavy atom. The van der Waals surface area contributed by atoms with E-state index in [0.717, 1.165) is 4.68 Å². The predicted molar refractivity (Wildman–Crippen MR) is 61.3 cm³/mol. The Bertz CT molecular complexity index is 607. The first-order valence-corrected chi connectivity index (χ1v) is 5.60. The van der Waals surface area contributed by atoms with Crippen molar-refractivity contribution in [3.8, 4) is 0 Å². The largest absolute Gasteiger partial charge is 0.480 e. The van der Waals surface area contributed by atoms with Crippen LogP contribution in [-0.4, -0.2) is 32.7 Å². The number of imide groups is 1. The zero-order chi connectivity index (χ0) is 14.0. The second-order valence-electron chi connectivity index (χ2n) is 4.18. The molecule has 0 aromatic carbocycles. The quantitative estimate of drug-likeness (QED) is 0.666. The number of carbonyl (C=O) groups excluding carboxylic acids is 2. The van der Waals surface area contributed by atoms with E-state index in [0.29, 0.717) is 12.0 Å². The van der Waals surface area contributed by atoms with E-state index in [1.54, 1.807) is 0 Å². The number of nitrogens with one attached hydrogen (secondary N) is 1. The summed E-state index contributed by atoms with van der Waals surface area (Å²) >= 11 is 0. The Kier molecular flexibility index (Phi) is 3.41. The molecule has 0 spiro atoms. The molecule has 8 nitrogen and oxygen atoms in total. The summed E-state index contributed by atoms with van der Waals surface area (Å²) in [6, 6.07) is 1.18. The van der Waals surface area contributed by atoms with Gasteiger partial charge in [-0.1, -0.05) is 0 Å². The minimum absolute atomic E-state index is 0.203. The van der Waals surface area contributed by atoms with Crippen molar-refractivity contribution in [2.75, 3.05) is 0 Å². The Morgan fingerprint density at radius 2 is 2.21 bits per heavy atom. The van der Waals surface area contributed by atoms with Gasteiger partial charge in [0.15, 0.2) is 0 Å². The average Bonchev–Trinajstić information content (AvgIpc) is 2.31. The lowest BCUT2D eigenvalue weighted by molar-refractivity contribution is -0.138. The maximum absolute atomic E-state index is 11.6. The summed E-state index contributed by atoms with van der Waals surface area (Å²) in [7, 11) is 0. The smallest absolute Gasteiger partial charge is 0.325 e. The first-order chi connectivity index (χ1) is 8.97.